The second-order valence-electron chi connectivity index (χ2n) is 4.78. The van der Waals surface area contributed by atoms with E-state index in [1.807, 2.05) is 24.0 Å². The summed E-state index contributed by atoms with van der Waals surface area (Å²) in [6.45, 7) is 5.42. The van der Waals surface area contributed by atoms with Crippen LogP contribution in [0.15, 0.2) is 45.1 Å². The lowest BCUT2D eigenvalue weighted by Crippen LogP contribution is -2.19. The van der Waals surface area contributed by atoms with Crippen LogP contribution in [-0.2, 0) is 7.05 Å². The molecule has 0 fully saturated rings. The first kappa shape index (κ1) is 15.6. The number of benzene rings is 1. The van der Waals surface area contributed by atoms with Gasteiger partial charge in [0.15, 0.2) is 5.16 Å². The molecule has 0 aliphatic heterocycles. The Morgan fingerprint density at radius 2 is 2.25 bits per heavy atom. The van der Waals surface area contributed by atoms with Gasteiger partial charge in [-0.05, 0) is 43.7 Å². The van der Waals surface area contributed by atoms with E-state index >= 15 is 0 Å². The van der Waals surface area contributed by atoms with Gasteiger partial charge in [-0.15, -0.1) is 0 Å². The van der Waals surface area contributed by atoms with Gasteiger partial charge in [-0.3, -0.25) is 0 Å². The van der Waals surface area contributed by atoms with Crippen molar-refractivity contribution in [1.29, 1.82) is 0 Å². The number of hydrogen-bond acceptors (Lipinski definition) is 3. The minimum absolute atomic E-state index is 0.329. The highest BCUT2D eigenvalue weighted by atomic mass is 79.9. The van der Waals surface area contributed by atoms with Crippen LogP contribution < -0.4 is 5.32 Å². The highest BCUT2D eigenvalue weighted by Gasteiger charge is 2.13. The predicted octanol–water partition coefficient (Wildman–Crippen LogP) is 4.39. The van der Waals surface area contributed by atoms with Crippen molar-refractivity contribution in [2.75, 3.05) is 6.54 Å². The molecule has 2 rings (SSSR count). The minimum atomic E-state index is 0.329. The molecular formula is C15H20BrN3S. The van der Waals surface area contributed by atoms with Crippen molar-refractivity contribution in [1.82, 2.24) is 14.9 Å². The third-order valence-corrected chi connectivity index (χ3v) is 4.78. The van der Waals surface area contributed by atoms with Crippen molar-refractivity contribution in [3.63, 3.8) is 0 Å². The van der Waals surface area contributed by atoms with Crippen LogP contribution in [0.25, 0.3) is 0 Å². The summed E-state index contributed by atoms with van der Waals surface area (Å²) < 4.78 is 3.16. The molecule has 0 spiro atoms. The van der Waals surface area contributed by atoms with Crippen molar-refractivity contribution >= 4 is 27.7 Å². The van der Waals surface area contributed by atoms with Crippen LogP contribution >= 0.6 is 27.7 Å². The number of halogens is 1. The first-order valence-corrected chi connectivity index (χ1v) is 8.40. The first-order valence-electron chi connectivity index (χ1n) is 6.79. The van der Waals surface area contributed by atoms with Crippen LogP contribution in [-0.4, -0.2) is 16.1 Å². The molecule has 0 bridgehead atoms. The van der Waals surface area contributed by atoms with Crippen LogP contribution in [0.2, 0.25) is 0 Å². The van der Waals surface area contributed by atoms with E-state index in [2.05, 4.69) is 58.3 Å². The first-order chi connectivity index (χ1) is 9.61. The average molecular weight is 354 g/mol. The van der Waals surface area contributed by atoms with Gasteiger partial charge in [0.25, 0.3) is 0 Å². The van der Waals surface area contributed by atoms with Gasteiger partial charge in [0, 0.05) is 34.9 Å². The summed E-state index contributed by atoms with van der Waals surface area (Å²) in [6.07, 6.45) is 4.94. The van der Waals surface area contributed by atoms with Crippen LogP contribution in [0.5, 0.6) is 0 Å². The monoisotopic (exact) mass is 353 g/mol. The van der Waals surface area contributed by atoms with Gasteiger partial charge in [0.05, 0.1) is 0 Å². The Balaban J connectivity index is 2.25. The lowest BCUT2D eigenvalue weighted by Gasteiger charge is -2.18. The number of nitrogens with zero attached hydrogens (tertiary/aromatic N) is 2. The molecule has 0 saturated carbocycles. The van der Waals surface area contributed by atoms with Gasteiger partial charge in [0.2, 0.25) is 0 Å². The maximum Gasteiger partial charge on any atom is 0.172 e. The van der Waals surface area contributed by atoms with Crippen LogP contribution in [0.1, 0.15) is 31.9 Å². The maximum atomic E-state index is 4.39. The molecular weight excluding hydrogens is 334 g/mol. The van der Waals surface area contributed by atoms with E-state index in [1.165, 1.54) is 10.5 Å². The predicted molar refractivity (Wildman–Crippen MR) is 88.2 cm³/mol. The van der Waals surface area contributed by atoms with Crippen molar-refractivity contribution in [3.8, 4) is 0 Å². The fourth-order valence-corrected chi connectivity index (χ4v) is 3.35. The molecule has 1 N–H and O–H groups in total. The Kier molecular flexibility index (Phi) is 5.69. The average Bonchev–Trinajstić information content (AvgIpc) is 2.83. The molecule has 3 nitrogen and oxygen atoms in total. The number of rotatable bonds is 6. The van der Waals surface area contributed by atoms with Crippen molar-refractivity contribution in [3.05, 3.63) is 40.6 Å². The molecule has 0 radical (unpaired) electrons. The lowest BCUT2D eigenvalue weighted by molar-refractivity contribution is 0.563. The number of aryl methyl sites for hydroxylation is 1. The minimum Gasteiger partial charge on any atom is -0.329 e. The highest BCUT2D eigenvalue weighted by molar-refractivity contribution is 9.10. The number of hydrogen-bond donors (Lipinski definition) is 1. The Hall–Kier alpha value is -0.780. The molecule has 1 aromatic carbocycles. The molecule has 5 heteroatoms. The number of nitrogens with one attached hydrogen (secondary N) is 1. The SMILES string of the molecule is CCCNC(C)c1cc(Br)ccc1Sc1nccn1C. The van der Waals surface area contributed by atoms with E-state index in [0.717, 1.165) is 22.6 Å². The molecule has 0 saturated heterocycles. The summed E-state index contributed by atoms with van der Waals surface area (Å²) in [4.78, 5) is 5.64. The van der Waals surface area contributed by atoms with Crippen LogP contribution in [0, 0.1) is 0 Å². The summed E-state index contributed by atoms with van der Waals surface area (Å²) in [6, 6.07) is 6.76. The quantitative estimate of drug-likeness (QED) is 0.834. The standard InChI is InChI=1S/C15H20BrN3S/c1-4-7-17-11(2)13-10-12(16)5-6-14(13)20-15-18-8-9-19(15)3/h5-6,8-11,17H,4,7H2,1-3H3. The molecule has 2 aromatic rings. The van der Waals surface area contributed by atoms with Crippen LogP contribution in [0.4, 0.5) is 0 Å². The van der Waals surface area contributed by atoms with Crippen molar-refractivity contribution in [2.45, 2.75) is 36.4 Å². The van der Waals surface area contributed by atoms with E-state index in [0.29, 0.717) is 6.04 Å². The number of aromatic nitrogens is 2. The van der Waals surface area contributed by atoms with Gasteiger partial charge in [-0.25, -0.2) is 4.98 Å². The van der Waals surface area contributed by atoms with E-state index in [4.69, 9.17) is 0 Å². The van der Waals surface area contributed by atoms with E-state index in [1.54, 1.807) is 11.8 Å². The fourth-order valence-electron chi connectivity index (χ4n) is 1.97. The van der Waals surface area contributed by atoms with Crippen LogP contribution in [0.3, 0.4) is 0 Å². The van der Waals surface area contributed by atoms with Gasteiger partial charge >= 0.3 is 0 Å². The molecule has 0 amide bonds. The second kappa shape index (κ2) is 7.29. The van der Waals surface area contributed by atoms with Gasteiger partial charge in [0.1, 0.15) is 0 Å². The Morgan fingerprint density at radius 3 is 2.90 bits per heavy atom. The Morgan fingerprint density at radius 1 is 1.45 bits per heavy atom. The largest absolute Gasteiger partial charge is 0.329 e. The Bertz CT molecular complexity index is 568. The molecule has 0 aliphatic carbocycles. The zero-order valence-corrected chi connectivity index (χ0v) is 14.5. The van der Waals surface area contributed by atoms with E-state index in [9.17, 15) is 0 Å². The number of imidazole rings is 1. The van der Waals surface area contributed by atoms with Gasteiger partial charge in [-0.2, -0.15) is 0 Å². The maximum absolute atomic E-state index is 4.39. The molecule has 108 valence electrons. The third-order valence-electron chi connectivity index (χ3n) is 3.12. The highest BCUT2D eigenvalue weighted by Crippen LogP contribution is 2.34. The zero-order chi connectivity index (χ0) is 14.5. The third kappa shape index (κ3) is 3.87. The Labute approximate surface area is 133 Å². The summed E-state index contributed by atoms with van der Waals surface area (Å²) in [5.41, 5.74) is 1.31. The summed E-state index contributed by atoms with van der Waals surface area (Å²) >= 11 is 5.28. The second-order valence-corrected chi connectivity index (χ2v) is 6.71. The van der Waals surface area contributed by atoms with Gasteiger partial charge in [-0.1, -0.05) is 34.6 Å². The summed E-state index contributed by atoms with van der Waals surface area (Å²) in [5.74, 6) is 0. The smallest absolute Gasteiger partial charge is 0.172 e. The zero-order valence-electron chi connectivity index (χ0n) is 12.1. The van der Waals surface area contributed by atoms with E-state index in [-0.39, 0.29) is 0 Å². The summed E-state index contributed by atoms with van der Waals surface area (Å²) in [5, 5.41) is 4.56. The summed E-state index contributed by atoms with van der Waals surface area (Å²) in [7, 11) is 2.02. The lowest BCUT2D eigenvalue weighted by atomic mass is 10.1. The molecule has 0 aliphatic rings. The van der Waals surface area contributed by atoms with Gasteiger partial charge < -0.3 is 9.88 Å². The van der Waals surface area contributed by atoms with E-state index < -0.39 is 0 Å². The van der Waals surface area contributed by atoms with Crippen molar-refractivity contribution < 1.29 is 0 Å². The molecule has 1 atom stereocenters. The molecule has 20 heavy (non-hydrogen) atoms. The molecule has 1 unspecified atom stereocenters. The van der Waals surface area contributed by atoms with Crippen molar-refractivity contribution in [2.24, 2.45) is 7.05 Å². The topological polar surface area (TPSA) is 29.9 Å². The fraction of sp³-hybridized carbons (Fsp3) is 0.400. The molecule has 1 heterocycles. The normalized spacial score (nSPS) is 12.6. The molecule has 1 aromatic heterocycles.